The minimum Gasteiger partial charge on any atom is -0.483 e. The first-order valence-electron chi connectivity index (χ1n) is 9.99. The number of ether oxygens (including phenoxy) is 1. The summed E-state index contributed by atoms with van der Waals surface area (Å²) in [6, 6.07) is 10.8. The summed E-state index contributed by atoms with van der Waals surface area (Å²) < 4.78 is 45.1. The normalized spacial score (nSPS) is 14.1. The van der Waals surface area contributed by atoms with Crippen molar-refractivity contribution >= 4 is 34.6 Å². The van der Waals surface area contributed by atoms with Gasteiger partial charge >= 0.3 is 6.18 Å². The van der Waals surface area contributed by atoms with Crippen molar-refractivity contribution in [3.05, 3.63) is 53.6 Å². The van der Waals surface area contributed by atoms with Crippen LogP contribution in [0.5, 0.6) is 5.75 Å². The molecule has 2 N–H and O–H groups in total. The van der Waals surface area contributed by atoms with E-state index in [0.717, 1.165) is 50.0 Å². The lowest BCUT2D eigenvalue weighted by Gasteiger charge is -2.31. The molecule has 1 fully saturated rings. The van der Waals surface area contributed by atoms with Gasteiger partial charge in [-0.1, -0.05) is 18.2 Å². The standard InChI is InChI=1S/C22H24F3N3O2S/c1-15-7-3-4-8-19(15)30-14-20(29)27-21(31)26-17-13-16(22(23,24)25)9-10-18(17)28-11-5-2-6-12-28/h3-4,7-10,13H,2,5-6,11-12,14H2,1H3,(H2,26,27,29,31). The number of thiocarbonyl (C=S) groups is 1. The number of halogens is 3. The number of nitrogens with zero attached hydrogens (tertiary/aromatic N) is 1. The van der Waals surface area contributed by atoms with Crippen molar-refractivity contribution in [2.45, 2.75) is 32.4 Å². The molecule has 5 nitrogen and oxygen atoms in total. The Bertz CT molecular complexity index is 944. The lowest BCUT2D eigenvalue weighted by atomic mass is 10.1. The Labute approximate surface area is 184 Å². The van der Waals surface area contributed by atoms with Gasteiger partial charge in [0.1, 0.15) is 5.75 Å². The number of carbonyl (C=O) groups excluding carboxylic acids is 1. The molecule has 0 spiro atoms. The molecule has 1 aliphatic heterocycles. The van der Waals surface area contributed by atoms with E-state index >= 15 is 0 Å². The van der Waals surface area contributed by atoms with Gasteiger partial charge < -0.3 is 15.0 Å². The molecule has 0 bridgehead atoms. The highest BCUT2D eigenvalue weighted by Crippen LogP contribution is 2.36. The number of benzene rings is 2. The van der Waals surface area contributed by atoms with E-state index in [1.165, 1.54) is 6.07 Å². The fourth-order valence-electron chi connectivity index (χ4n) is 3.40. The Hall–Kier alpha value is -2.81. The zero-order chi connectivity index (χ0) is 22.4. The Morgan fingerprint density at radius 2 is 1.84 bits per heavy atom. The fraction of sp³-hybridized carbons (Fsp3) is 0.364. The topological polar surface area (TPSA) is 53.6 Å². The molecule has 0 aromatic heterocycles. The molecule has 1 saturated heterocycles. The first-order valence-corrected chi connectivity index (χ1v) is 10.4. The second-order valence-corrected chi connectivity index (χ2v) is 7.74. The highest BCUT2D eigenvalue weighted by molar-refractivity contribution is 7.80. The monoisotopic (exact) mass is 451 g/mol. The van der Waals surface area contributed by atoms with Crippen LogP contribution in [0.1, 0.15) is 30.4 Å². The molecule has 0 aliphatic carbocycles. The number of hydrogen-bond donors (Lipinski definition) is 2. The number of piperidine rings is 1. The zero-order valence-corrected chi connectivity index (χ0v) is 17.9. The van der Waals surface area contributed by atoms with Crippen molar-refractivity contribution in [3.8, 4) is 5.75 Å². The highest BCUT2D eigenvalue weighted by atomic mass is 32.1. The lowest BCUT2D eigenvalue weighted by Crippen LogP contribution is -2.38. The van der Waals surface area contributed by atoms with Crippen molar-refractivity contribution < 1.29 is 22.7 Å². The largest absolute Gasteiger partial charge is 0.483 e. The van der Waals surface area contributed by atoms with E-state index in [0.29, 0.717) is 11.4 Å². The van der Waals surface area contributed by atoms with Crippen LogP contribution in [0.4, 0.5) is 24.5 Å². The van der Waals surface area contributed by atoms with Crippen LogP contribution in [0, 0.1) is 6.92 Å². The molecule has 2 aromatic rings. The highest BCUT2D eigenvalue weighted by Gasteiger charge is 2.31. The first-order chi connectivity index (χ1) is 14.7. The van der Waals surface area contributed by atoms with Gasteiger partial charge in [0, 0.05) is 13.1 Å². The Morgan fingerprint density at radius 1 is 1.13 bits per heavy atom. The minimum absolute atomic E-state index is 0.0871. The molecule has 0 atom stereocenters. The van der Waals surface area contributed by atoms with Gasteiger partial charge in [0.25, 0.3) is 5.91 Å². The molecule has 1 amide bonds. The summed E-state index contributed by atoms with van der Waals surface area (Å²) >= 11 is 5.17. The van der Waals surface area contributed by atoms with E-state index < -0.39 is 17.6 Å². The Kier molecular flexibility index (Phi) is 7.37. The fourth-order valence-corrected chi connectivity index (χ4v) is 3.62. The number of carbonyl (C=O) groups is 1. The van der Waals surface area contributed by atoms with E-state index in [1.807, 2.05) is 24.0 Å². The van der Waals surface area contributed by atoms with E-state index in [1.54, 1.807) is 12.1 Å². The molecular weight excluding hydrogens is 427 g/mol. The molecule has 31 heavy (non-hydrogen) atoms. The van der Waals surface area contributed by atoms with Gasteiger partial charge in [-0.05, 0) is 68.2 Å². The third kappa shape index (κ3) is 6.33. The van der Waals surface area contributed by atoms with Crippen LogP contribution >= 0.6 is 12.2 Å². The van der Waals surface area contributed by atoms with Crippen LogP contribution in [-0.2, 0) is 11.0 Å². The van der Waals surface area contributed by atoms with Gasteiger partial charge in [0.05, 0.1) is 16.9 Å². The van der Waals surface area contributed by atoms with Crippen LogP contribution in [0.25, 0.3) is 0 Å². The third-order valence-corrected chi connectivity index (χ3v) is 5.18. The summed E-state index contributed by atoms with van der Waals surface area (Å²) in [5, 5.41) is 5.14. The second-order valence-electron chi connectivity index (χ2n) is 7.33. The molecule has 0 radical (unpaired) electrons. The molecule has 166 valence electrons. The van der Waals surface area contributed by atoms with Crippen LogP contribution in [-0.4, -0.2) is 30.7 Å². The van der Waals surface area contributed by atoms with Crippen LogP contribution in [0.3, 0.4) is 0 Å². The summed E-state index contributed by atoms with van der Waals surface area (Å²) in [4.78, 5) is 14.2. The molecular formula is C22H24F3N3O2S. The smallest absolute Gasteiger partial charge is 0.416 e. The molecule has 9 heteroatoms. The Balaban J connectivity index is 1.68. The molecule has 1 aliphatic rings. The number of rotatable bonds is 5. The summed E-state index contributed by atoms with van der Waals surface area (Å²) in [7, 11) is 0. The van der Waals surface area contributed by atoms with Crippen LogP contribution in [0.15, 0.2) is 42.5 Å². The first kappa shape index (κ1) is 22.9. The number of amides is 1. The van der Waals surface area contributed by atoms with E-state index in [2.05, 4.69) is 10.6 Å². The van der Waals surface area contributed by atoms with Crippen molar-refractivity contribution in [2.75, 3.05) is 29.9 Å². The molecule has 0 saturated carbocycles. The lowest BCUT2D eigenvalue weighted by molar-refractivity contribution is -0.137. The molecule has 2 aromatic carbocycles. The van der Waals surface area contributed by atoms with Crippen LogP contribution < -0.4 is 20.3 Å². The predicted molar refractivity (Wildman–Crippen MR) is 119 cm³/mol. The number of alkyl halides is 3. The van der Waals surface area contributed by atoms with Crippen molar-refractivity contribution in [1.82, 2.24) is 5.32 Å². The predicted octanol–water partition coefficient (Wildman–Crippen LogP) is 4.90. The van der Waals surface area contributed by atoms with Gasteiger partial charge in [-0.25, -0.2) is 0 Å². The molecule has 3 rings (SSSR count). The maximum Gasteiger partial charge on any atom is 0.416 e. The van der Waals surface area contributed by atoms with Crippen molar-refractivity contribution in [1.29, 1.82) is 0 Å². The maximum atomic E-state index is 13.2. The number of hydrogen-bond acceptors (Lipinski definition) is 4. The number of aryl methyl sites for hydroxylation is 1. The second kappa shape index (κ2) is 10.00. The van der Waals surface area contributed by atoms with E-state index in [9.17, 15) is 18.0 Å². The van der Waals surface area contributed by atoms with E-state index in [-0.39, 0.29) is 17.4 Å². The van der Waals surface area contributed by atoms with Gasteiger partial charge in [-0.3, -0.25) is 10.1 Å². The third-order valence-electron chi connectivity index (χ3n) is 4.97. The quantitative estimate of drug-likeness (QED) is 0.634. The summed E-state index contributed by atoms with van der Waals surface area (Å²) in [6.45, 7) is 3.09. The van der Waals surface area contributed by atoms with Gasteiger partial charge in [0.15, 0.2) is 11.7 Å². The van der Waals surface area contributed by atoms with Gasteiger partial charge in [-0.15, -0.1) is 0 Å². The summed E-state index contributed by atoms with van der Waals surface area (Å²) in [5.41, 5.74) is 0.932. The molecule has 1 heterocycles. The summed E-state index contributed by atoms with van der Waals surface area (Å²) in [6.07, 6.45) is -1.45. The maximum absolute atomic E-state index is 13.2. The van der Waals surface area contributed by atoms with E-state index in [4.69, 9.17) is 17.0 Å². The zero-order valence-electron chi connectivity index (χ0n) is 17.1. The van der Waals surface area contributed by atoms with Crippen molar-refractivity contribution in [3.63, 3.8) is 0 Å². The Morgan fingerprint density at radius 3 is 2.52 bits per heavy atom. The number of nitrogens with one attached hydrogen (secondary N) is 2. The number of para-hydroxylation sites is 1. The number of anilines is 2. The molecule has 0 unspecified atom stereocenters. The van der Waals surface area contributed by atoms with Crippen LogP contribution in [0.2, 0.25) is 0 Å². The van der Waals surface area contributed by atoms with Gasteiger partial charge in [-0.2, -0.15) is 13.2 Å². The average molecular weight is 452 g/mol. The summed E-state index contributed by atoms with van der Waals surface area (Å²) in [5.74, 6) is 0.0639. The average Bonchev–Trinajstić information content (AvgIpc) is 2.73. The minimum atomic E-state index is -4.48. The van der Waals surface area contributed by atoms with Gasteiger partial charge in [0.2, 0.25) is 0 Å². The van der Waals surface area contributed by atoms with Crippen molar-refractivity contribution in [2.24, 2.45) is 0 Å². The SMILES string of the molecule is Cc1ccccc1OCC(=O)NC(=S)Nc1cc(C(F)(F)F)ccc1N1CCCCC1.